The summed E-state index contributed by atoms with van der Waals surface area (Å²) in [6.07, 6.45) is 1.05. The number of carbonyl (C=O) groups is 2. The van der Waals surface area contributed by atoms with E-state index in [1.54, 1.807) is 60.7 Å². The molecule has 42 heavy (non-hydrogen) atoms. The monoisotopic (exact) mass is 613 g/mol. The van der Waals surface area contributed by atoms with Gasteiger partial charge in [0.1, 0.15) is 18.3 Å². The molecule has 0 saturated heterocycles. The molecule has 3 aromatic rings. The molecule has 2 amide bonds. The van der Waals surface area contributed by atoms with Crippen molar-refractivity contribution >= 4 is 39.1 Å². The Balaban J connectivity index is 2.07. The lowest BCUT2D eigenvalue weighted by Gasteiger charge is -2.34. The lowest BCUT2D eigenvalue weighted by Crippen LogP contribution is -2.53. The fraction of sp³-hybridized carbons (Fsp3) is 0.375. The van der Waals surface area contributed by atoms with E-state index in [0.29, 0.717) is 35.1 Å². The third kappa shape index (κ3) is 8.26. The minimum atomic E-state index is -4.16. The van der Waals surface area contributed by atoms with Crippen molar-refractivity contribution in [3.63, 3.8) is 0 Å². The molecule has 0 unspecified atom stereocenters. The Bertz CT molecular complexity index is 1450. The first-order valence-corrected chi connectivity index (χ1v) is 16.0. The summed E-state index contributed by atoms with van der Waals surface area (Å²) in [5, 5.41) is 3.42. The van der Waals surface area contributed by atoms with Crippen molar-refractivity contribution in [3.8, 4) is 5.75 Å². The van der Waals surface area contributed by atoms with Crippen LogP contribution < -0.4 is 14.4 Å². The molecule has 0 fully saturated rings. The topological polar surface area (TPSA) is 96.0 Å². The van der Waals surface area contributed by atoms with Gasteiger partial charge < -0.3 is 15.0 Å². The first-order valence-electron chi connectivity index (χ1n) is 14.2. The van der Waals surface area contributed by atoms with Gasteiger partial charge in [-0.25, -0.2) is 8.42 Å². The SMILES string of the molecule is CCOc1ccc(N(CC(=O)N(Cc2ccccc2Cl)[C@@H](CC)C(=O)N[C@@H](C)CC)S(=O)(=O)c2ccc(C)cc2)cc1. The van der Waals surface area contributed by atoms with Crippen LogP contribution in [0, 0.1) is 6.92 Å². The van der Waals surface area contributed by atoms with Crippen LogP contribution in [0.1, 0.15) is 51.7 Å². The molecule has 2 atom stereocenters. The van der Waals surface area contributed by atoms with E-state index in [2.05, 4.69) is 5.32 Å². The lowest BCUT2D eigenvalue weighted by atomic mass is 10.1. The Labute approximate surface area is 254 Å². The van der Waals surface area contributed by atoms with E-state index in [1.165, 1.54) is 17.0 Å². The van der Waals surface area contributed by atoms with E-state index in [-0.39, 0.29) is 23.4 Å². The van der Waals surface area contributed by atoms with Gasteiger partial charge in [0.25, 0.3) is 10.0 Å². The van der Waals surface area contributed by atoms with Crippen LogP contribution >= 0.6 is 11.6 Å². The van der Waals surface area contributed by atoms with Gasteiger partial charge in [0, 0.05) is 17.6 Å². The lowest BCUT2D eigenvalue weighted by molar-refractivity contribution is -0.140. The second-order valence-corrected chi connectivity index (χ2v) is 12.4. The van der Waals surface area contributed by atoms with Crippen LogP contribution in [-0.4, -0.2) is 50.4 Å². The number of nitrogens with one attached hydrogen (secondary N) is 1. The number of nitrogens with zero attached hydrogens (tertiary/aromatic N) is 2. The predicted octanol–water partition coefficient (Wildman–Crippen LogP) is 5.96. The predicted molar refractivity (Wildman–Crippen MR) is 167 cm³/mol. The summed E-state index contributed by atoms with van der Waals surface area (Å²) in [5.74, 6) is -0.264. The zero-order valence-corrected chi connectivity index (χ0v) is 26.4. The van der Waals surface area contributed by atoms with Gasteiger partial charge in [-0.1, -0.05) is 61.3 Å². The van der Waals surface area contributed by atoms with Crippen LogP contribution in [0.25, 0.3) is 0 Å². The zero-order valence-electron chi connectivity index (χ0n) is 24.8. The maximum absolute atomic E-state index is 14.2. The van der Waals surface area contributed by atoms with Crippen LogP contribution in [0.15, 0.2) is 77.7 Å². The summed E-state index contributed by atoms with van der Waals surface area (Å²) in [6, 6.07) is 19.2. The normalized spacial score (nSPS) is 12.7. The number of sulfonamides is 1. The Morgan fingerprint density at radius 1 is 0.929 bits per heavy atom. The van der Waals surface area contributed by atoms with E-state index in [1.807, 2.05) is 34.6 Å². The van der Waals surface area contributed by atoms with Crippen molar-refractivity contribution in [2.45, 2.75) is 71.0 Å². The Morgan fingerprint density at radius 2 is 1.57 bits per heavy atom. The summed E-state index contributed by atoms with van der Waals surface area (Å²) < 4.78 is 34.6. The van der Waals surface area contributed by atoms with Crippen molar-refractivity contribution in [1.82, 2.24) is 10.2 Å². The number of halogens is 1. The number of hydrogen-bond donors (Lipinski definition) is 1. The molecule has 226 valence electrons. The molecule has 0 spiro atoms. The van der Waals surface area contributed by atoms with E-state index >= 15 is 0 Å². The van der Waals surface area contributed by atoms with E-state index < -0.39 is 28.5 Å². The molecule has 0 aromatic heterocycles. The average molecular weight is 614 g/mol. The summed E-state index contributed by atoms with van der Waals surface area (Å²) in [4.78, 5) is 29.0. The summed E-state index contributed by atoms with van der Waals surface area (Å²) >= 11 is 6.46. The molecule has 0 aliphatic carbocycles. The second-order valence-electron chi connectivity index (χ2n) is 10.1. The third-order valence-electron chi connectivity index (χ3n) is 7.01. The van der Waals surface area contributed by atoms with E-state index in [4.69, 9.17) is 16.3 Å². The largest absolute Gasteiger partial charge is 0.494 e. The van der Waals surface area contributed by atoms with Crippen LogP contribution in [0.3, 0.4) is 0 Å². The van der Waals surface area contributed by atoms with E-state index in [9.17, 15) is 18.0 Å². The molecular weight excluding hydrogens is 574 g/mol. The zero-order chi connectivity index (χ0) is 30.9. The van der Waals surface area contributed by atoms with Gasteiger partial charge in [-0.2, -0.15) is 0 Å². The van der Waals surface area contributed by atoms with Gasteiger partial charge in [-0.05, 0) is 81.6 Å². The van der Waals surface area contributed by atoms with Crippen LogP contribution in [0.4, 0.5) is 5.69 Å². The molecule has 3 aromatic carbocycles. The number of ether oxygens (including phenoxy) is 1. The van der Waals surface area contributed by atoms with E-state index in [0.717, 1.165) is 16.3 Å². The molecule has 10 heteroatoms. The van der Waals surface area contributed by atoms with Gasteiger partial charge >= 0.3 is 0 Å². The maximum Gasteiger partial charge on any atom is 0.264 e. The van der Waals surface area contributed by atoms with Crippen LogP contribution in [-0.2, 0) is 26.2 Å². The number of amides is 2. The third-order valence-corrected chi connectivity index (χ3v) is 9.17. The molecular formula is C32H40ClN3O5S. The Hall–Kier alpha value is -3.56. The summed E-state index contributed by atoms with van der Waals surface area (Å²) in [7, 11) is -4.16. The molecule has 8 nitrogen and oxygen atoms in total. The van der Waals surface area contributed by atoms with Crippen molar-refractivity contribution in [1.29, 1.82) is 0 Å². The van der Waals surface area contributed by atoms with Gasteiger partial charge in [-0.3, -0.25) is 13.9 Å². The molecule has 0 aliphatic rings. The molecule has 0 saturated carbocycles. The highest BCUT2D eigenvalue weighted by atomic mass is 35.5. The van der Waals surface area contributed by atoms with Crippen molar-refractivity contribution in [2.24, 2.45) is 0 Å². The molecule has 1 N–H and O–H groups in total. The second kappa shape index (κ2) is 15.1. The van der Waals surface area contributed by atoms with Crippen LogP contribution in [0.5, 0.6) is 5.75 Å². The van der Waals surface area contributed by atoms with Crippen LogP contribution in [0.2, 0.25) is 5.02 Å². The minimum absolute atomic E-state index is 0.0344. The number of rotatable bonds is 14. The molecule has 3 rings (SSSR count). The van der Waals surface area contributed by atoms with Gasteiger partial charge in [0.2, 0.25) is 11.8 Å². The number of anilines is 1. The fourth-order valence-electron chi connectivity index (χ4n) is 4.41. The maximum atomic E-state index is 14.2. The highest BCUT2D eigenvalue weighted by molar-refractivity contribution is 7.92. The number of benzene rings is 3. The molecule has 0 heterocycles. The minimum Gasteiger partial charge on any atom is -0.494 e. The van der Waals surface area contributed by atoms with Crippen molar-refractivity contribution in [2.75, 3.05) is 17.5 Å². The molecule has 0 radical (unpaired) electrons. The first-order chi connectivity index (χ1) is 20.0. The molecule has 0 bridgehead atoms. The highest BCUT2D eigenvalue weighted by Gasteiger charge is 2.34. The quantitative estimate of drug-likeness (QED) is 0.242. The standard InChI is InChI=1S/C32H40ClN3O5S/c1-6-24(5)34-32(38)30(7-2)35(21-25-11-9-10-12-29(25)33)31(37)22-36(26-15-17-27(18-16-26)41-8-3)42(39,40)28-19-13-23(4)14-20-28/h9-20,24,30H,6-8,21-22H2,1-5H3,(H,34,38)/t24-,30-/m0/s1. The van der Waals surface area contributed by atoms with Crippen molar-refractivity contribution in [3.05, 3.63) is 88.9 Å². The summed E-state index contributed by atoms with van der Waals surface area (Å²) in [5.41, 5.74) is 1.85. The summed E-state index contributed by atoms with van der Waals surface area (Å²) in [6.45, 7) is 9.37. The number of aryl methyl sites for hydroxylation is 1. The fourth-order valence-corrected chi connectivity index (χ4v) is 6.02. The average Bonchev–Trinajstić information content (AvgIpc) is 2.97. The first kappa shape index (κ1) is 32.9. The highest BCUT2D eigenvalue weighted by Crippen LogP contribution is 2.27. The Kier molecular flexibility index (Phi) is 11.8. The molecule has 0 aliphatic heterocycles. The van der Waals surface area contributed by atoms with Crippen molar-refractivity contribution < 1.29 is 22.7 Å². The Morgan fingerprint density at radius 3 is 2.14 bits per heavy atom. The van der Waals surface area contributed by atoms with Gasteiger partial charge in [-0.15, -0.1) is 0 Å². The van der Waals surface area contributed by atoms with Gasteiger partial charge in [0.15, 0.2) is 0 Å². The van der Waals surface area contributed by atoms with Gasteiger partial charge in [0.05, 0.1) is 17.2 Å². The smallest absolute Gasteiger partial charge is 0.264 e. The number of carbonyl (C=O) groups excluding carboxylic acids is 2. The number of hydrogen-bond acceptors (Lipinski definition) is 5.